The minimum atomic E-state index is -0.457. The van der Waals surface area contributed by atoms with Crippen molar-refractivity contribution < 1.29 is 38.1 Å². The molecule has 170 valence electrons. The van der Waals surface area contributed by atoms with Crippen LogP contribution in [0.4, 0.5) is 5.69 Å². The summed E-state index contributed by atoms with van der Waals surface area (Å²) in [7, 11) is 0. The summed E-state index contributed by atoms with van der Waals surface area (Å²) in [4.78, 5) is 21.2. The van der Waals surface area contributed by atoms with Crippen LogP contribution in [0.1, 0.15) is 19.8 Å². The first-order valence-electron chi connectivity index (χ1n) is 9.97. The highest BCUT2D eigenvalue weighted by molar-refractivity contribution is 5.69. The summed E-state index contributed by atoms with van der Waals surface area (Å²) in [6, 6.07) is 5.89. The summed E-state index contributed by atoms with van der Waals surface area (Å²) in [5.74, 6) is 0.356. The van der Waals surface area contributed by atoms with Gasteiger partial charge in [0.05, 0.1) is 57.8 Å². The molecule has 0 fully saturated rings. The maximum atomic E-state index is 11.1. The molecule has 1 aromatic rings. The lowest BCUT2D eigenvalue weighted by Crippen LogP contribution is -2.15. The van der Waals surface area contributed by atoms with Crippen molar-refractivity contribution in [3.8, 4) is 5.75 Å². The molecule has 1 aromatic carbocycles. The summed E-state index contributed by atoms with van der Waals surface area (Å²) < 4.78 is 31.8. The number of non-ortho nitro benzene ring substituents is 1. The van der Waals surface area contributed by atoms with E-state index < -0.39 is 4.92 Å². The van der Waals surface area contributed by atoms with Crippen LogP contribution in [-0.2, 0) is 28.5 Å². The van der Waals surface area contributed by atoms with Gasteiger partial charge in [-0.3, -0.25) is 14.9 Å². The largest absolute Gasteiger partial charge is 0.491 e. The minimum Gasteiger partial charge on any atom is -0.491 e. The molecule has 0 saturated heterocycles. The van der Waals surface area contributed by atoms with E-state index in [0.717, 1.165) is 6.42 Å². The van der Waals surface area contributed by atoms with Gasteiger partial charge in [0.15, 0.2) is 0 Å². The van der Waals surface area contributed by atoms with E-state index in [1.54, 1.807) is 12.1 Å². The minimum absolute atomic E-state index is 0.0253. The molecular weight excluding hydrogens is 398 g/mol. The highest BCUT2D eigenvalue weighted by atomic mass is 16.6. The van der Waals surface area contributed by atoms with E-state index in [2.05, 4.69) is 0 Å². The van der Waals surface area contributed by atoms with E-state index in [9.17, 15) is 14.9 Å². The highest BCUT2D eigenvalue weighted by Gasteiger charge is 2.04. The Labute approximate surface area is 176 Å². The molecule has 0 aliphatic carbocycles. The average molecular weight is 429 g/mol. The van der Waals surface area contributed by atoms with Crippen molar-refractivity contribution in [3.05, 3.63) is 34.4 Å². The Morgan fingerprint density at radius 2 is 1.27 bits per heavy atom. The second kappa shape index (κ2) is 17.6. The lowest BCUT2D eigenvalue weighted by atomic mass is 10.3. The van der Waals surface area contributed by atoms with Crippen LogP contribution in [0.5, 0.6) is 5.75 Å². The number of ether oxygens (including phenoxy) is 6. The van der Waals surface area contributed by atoms with E-state index in [0.29, 0.717) is 71.6 Å². The third-order valence-electron chi connectivity index (χ3n) is 3.60. The highest BCUT2D eigenvalue weighted by Crippen LogP contribution is 2.16. The molecule has 0 N–H and O–H groups in total. The number of carbonyl (C=O) groups is 1. The summed E-state index contributed by atoms with van der Waals surface area (Å²) in [5, 5.41) is 10.6. The molecule has 0 saturated carbocycles. The Balaban J connectivity index is 1.79. The van der Waals surface area contributed by atoms with Crippen LogP contribution in [0.2, 0.25) is 0 Å². The molecule has 0 radical (unpaired) electrons. The van der Waals surface area contributed by atoms with Gasteiger partial charge >= 0.3 is 5.97 Å². The fraction of sp³-hybridized carbons (Fsp3) is 0.650. The van der Waals surface area contributed by atoms with Gasteiger partial charge in [0, 0.05) is 18.6 Å². The van der Waals surface area contributed by atoms with Crippen molar-refractivity contribution in [2.75, 3.05) is 66.1 Å². The standard InChI is InChI=1S/C20H31NO9/c1-2-3-20(22)30-17-15-28-13-11-26-9-8-25-10-12-27-14-16-29-19-6-4-18(5-7-19)21(23)24/h4-7H,2-3,8-17H2,1H3. The first-order chi connectivity index (χ1) is 14.6. The normalized spacial score (nSPS) is 10.7. The summed E-state index contributed by atoms with van der Waals surface area (Å²) in [5.41, 5.74) is 0.0253. The van der Waals surface area contributed by atoms with Crippen LogP contribution < -0.4 is 4.74 Å². The number of nitro benzene ring substituents is 1. The quantitative estimate of drug-likeness (QED) is 0.141. The van der Waals surface area contributed by atoms with Gasteiger partial charge in [0.1, 0.15) is 19.0 Å². The first-order valence-corrected chi connectivity index (χ1v) is 9.97. The number of carbonyl (C=O) groups excluding carboxylic acids is 1. The van der Waals surface area contributed by atoms with E-state index >= 15 is 0 Å². The van der Waals surface area contributed by atoms with Gasteiger partial charge in [0.25, 0.3) is 5.69 Å². The second-order valence-electron chi connectivity index (χ2n) is 6.02. The van der Waals surface area contributed by atoms with E-state index in [1.165, 1.54) is 12.1 Å². The third kappa shape index (κ3) is 13.8. The number of nitrogens with zero attached hydrogens (tertiary/aromatic N) is 1. The number of nitro groups is 1. The SMILES string of the molecule is CCCC(=O)OCCOCCOCCOCCOCCOc1ccc([N+](=O)[O-])cc1. The Bertz CT molecular complexity index is 580. The van der Waals surface area contributed by atoms with Crippen LogP contribution in [0.3, 0.4) is 0 Å². The lowest BCUT2D eigenvalue weighted by Gasteiger charge is -2.08. The smallest absolute Gasteiger partial charge is 0.305 e. The molecule has 0 bridgehead atoms. The van der Waals surface area contributed by atoms with Crippen LogP contribution in [-0.4, -0.2) is 77.0 Å². The van der Waals surface area contributed by atoms with Crippen LogP contribution in [0.15, 0.2) is 24.3 Å². The predicted molar refractivity (Wildman–Crippen MR) is 108 cm³/mol. The van der Waals surface area contributed by atoms with Crippen LogP contribution >= 0.6 is 0 Å². The van der Waals surface area contributed by atoms with Gasteiger partial charge in [0.2, 0.25) is 0 Å². The van der Waals surface area contributed by atoms with Crippen molar-refractivity contribution in [2.24, 2.45) is 0 Å². The molecule has 0 atom stereocenters. The average Bonchev–Trinajstić information content (AvgIpc) is 2.74. The number of esters is 1. The maximum absolute atomic E-state index is 11.1. The number of rotatable bonds is 19. The molecule has 0 heterocycles. The fourth-order valence-electron chi connectivity index (χ4n) is 2.14. The van der Waals surface area contributed by atoms with E-state index in [1.807, 2.05) is 6.92 Å². The lowest BCUT2D eigenvalue weighted by molar-refractivity contribution is -0.384. The Kier molecular flexibility index (Phi) is 15.1. The fourth-order valence-corrected chi connectivity index (χ4v) is 2.14. The molecule has 0 aliphatic heterocycles. The topological polar surface area (TPSA) is 116 Å². The maximum Gasteiger partial charge on any atom is 0.305 e. The zero-order valence-electron chi connectivity index (χ0n) is 17.4. The number of hydrogen-bond acceptors (Lipinski definition) is 9. The molecule has 30 heavy (non-hydrogen) atoms. The Morgan fingerprint density at radius 1 is 0.800 bits per heavy atom. The van der Waals surface area contributed by atoms with Crippen LogP contribution in [0.25, 0.3) is 0 Å². The van der Waals surface area contributed by atoms with Gasteiger partial charge in [-0.15, -0.1) is 0 Å². The molecular formula is C20H31NO9. The molecule has 0 aromatic heterocycles. The number of hydrogen-bond donors (Lipinski definition) is 0. The number of benzene rings is 1. The van der Waals surface area contributed by atoms with E-state index in [-0.39, 0.29) is 18.3 Å². The Hall–Kier alpha value is -2.27. The molecule has 0 unspecified atom stereocenters. The van der Waals surface area contributed by atoms with Gasteiger partial charge in [-0.25, -0.2) is 0 Å². The zero-order chi connectivity index (χ0) is 21.9. The molecule has 10 nitrogen and oxygen atoms in total. The summed E-state index contributed by atoms with van der Waals surface area (Å²) in [6.07, 6.45) is 1.21. The molecule has 0 aliphatic rings. The molecule has 1 rings (SSSR count). The Morgan fingerprint density at radius 3 is 1.73 bits per heavy atom. The van der Waals surface area contributed by atoms with Crippen molar-refractivity contribution in [3.63, 3.8) is 0 Å². The van der Waals surface area contributed by atoms with Crippen molar-refractivity contribution >= 4 is 11.7 Å². The van der Waals surface area contributed by atoms with Crippen molar-refractivity contribution in [2.45, 2.75) is 19.8 Å². The first kappa shape index (κ1) is 25.8. The van der Waals surface area contributed by atoms with Crippen molar-refractivity contribution in [1.29, 1.82) is 0 Å². The monoisotopic (exact) mass is 429 g/mol. The van der Waals surface area contributed by atoms with E-state index in [4.69, 9.17) is 28.4 Å². The molecule has 10 heteroatoms. The summed E-state index contributed by atoms with van der Waals surface area (Å²) >= 11 is 0. The predicted octanol–water partition coefficient (Wildman–Crippen LogP) is 2.38. The van der Waals surface area contributed by atoms with Crippen molar-refractivity contribution in [1.82, 2.24) is 0 Å². The zero-order valence-corrected chi connectivity index (χ0v) is 17.4. The summed E-state index contributed by atoms with van der Waals surface area (Å²) in [6.45, 7) is 5.96. The van der Waals surface area contributed by atoms with Gasteiger partial charge in [-0.05, 0) is 18.6 Å². The third-order valence-corrected chi connectivity index (χ3v) is 3.60. The molecule has 0 amide bonds. The van der Waals surface area contributed by atoms with Crippen LogP contribution in [0, 0.1) is 10.1 Å². The van der Waals surface area contributed by atoms with Gasteiger partial charge in [-0.1, -0.05) is 6.92 Å². The van der Waals surface area contributed by atoms with Gasteiger partial charge < -0.3 is 28.4 Å². The van der Waals surface area contributed by atoms with Gasteiger partial charge in [-0.2, -0.15) is 0 Å². The second-order valence-corrected chi connectivity index (χ2v) is 6.02. The molecule has 0 spiro atoms.